The number of para-hydroxylation sites is 2. The van der Waals surface area contributed by atoms with Gasteiger partial charge < -0.3 is 25.2 Å². The first-order chi connectivity index (χ1) is 15.2. The van der Waals surface area contributed by atoms with Crippen molar-refractivity contribution in [2.75, 3.05) is 61.9 Å². The summed E-state index contributed by atoms with van der Waals surface area (Å²) in [5.41, 5.74) is 9.18. The van der Waals surface area contributed by atoms with Gasteiger partial charge in [0.2, 0.25) is 5.88 Å². The summed E-state index contributed by atoms with van der Waals surface area (Å²) in [6.45, 7) is 5.21. The predicted molar refractivity (Wildman–Crippen MR) is 128 cm³/mol. The number of nitrogens with zero attached hydrogens (tertiary/aromatic N) is 4. The Labute approximate surface area is 187 Å². The van der Waals surface area contributed by atoms with Crippen molar-refractivity contribution in [3.63, 3.8) is 0 Å². The van der Waals surface area contributed by atoms with Crippen LogP contribution in [0.2, 0.25) is 0 Å². The van der Waals surface area contributed by atoms with E-state index in [0.717, 1.165) is 32.0 Å². The first kappa shape index (κ1) is 20.0. The number of hydrogen-bond donors (Lipinski definition) is 1. The van der Waals surface area contributed by atoms with Gasteiger partial charge in [-0.15, -0.1) is 0 Å². The zero-order valence-corrected chi connectivity index (χ0v) is 18.5. The van der Waals surface area contributed by atoms with Crippen LogP contribution in [0.15, 0.2) is 70.5 Å². The second kappa shape index (κ2) is 8.69. The lowest BCUT2D eigenvalue weighted by molar-refractivity contribution is 0.307. The number of likely N-dealkylation sites (N-methyl/N-ethyl adjacent to an activating group) is 1. The van der Waals surface area contributed by atoms with Gasteiger partial charge in [-0.25, -0.2) is 0 Å². The third-order valence-electron chi connectivity index (χ3n) is 5.79. The van der Waals surface area contributed by atoms with E-state index in [-0.39, 0.29) is 0 Å². The second-order valence-corrected chi connectivity index (χ2v) is 8.98. The molecule has 2 aromatic carbocycles. The van der Waals surface area contributed by atoms with E-state index in [1.807, 2.05) is 23.9 Å². The topological polar surface area (TPSA) is 57.9 Å². The Hall–Kier alpha value is -2.90. The number of aromatic nitrogens is 1. The largest absolute Gasteiger partial charge is 0.474 e. The molecule has 0 spiro atoms. The number of hydrogen-bond acceptors (Lipinski definition) is 7. The molecule has 0 radical (unpaired) electrons. The summed E-state index contributed by atoms with van der Waals surface area (Å²) in [6, 6.07) is 20.9. The second-order valence-electron chi connectivity index (χ2n) is 7.89. The number of nitrogen functional groups attached to an aromatic ring is 1. The molecule has 2 aliphatic rings. The summed E-state index contributed by atoms with van der Waals surface area (Å²) in [5.74, 6) is 1.45. The fraction of sp³-hybridized carbons (Fsp3) is 0.292. The molecule has 1 fully saturated rings. The van der Waals surface area contributed by atoms with Gasteiger partial charge >= 0.3 is 0 Å². The quantitative estimate of drug-likeness (QED) is 0.650. The average Bonchev–Trinajstić information content (AvgIpc) is 2.80. The molecular weight excluding hydrogens is 406 g/mol. The molecule has 31 heavy (non-hydrogen) atoms. The monoisotopic (exact) mass is 433 g/mol. The number of ether oxygens (including phenoxy) is 1. The Kier molecular flexibility index (Phi) is 5.61. The molecule has 160 valence electrons. The van der Waals surface area contributed by atoms with Crippen LogP contribution < -0.4 is 20.3 Å². The molecule has 2 aliphatic heterocycles. The first-order valence-corrected chi connectivity index (χ1v) is 11.5. The summed E-state index contributed by atoms with van der Waals surface area (Å²) in [7, 11) is 2.15. The Balaban J connectivity index is 1.31. The van der Waals surface area contributed by atoms with Crippen LogP contribution in [0.1, 0.15) is 0 Å². The SMILES string of the molecule is CN1CCN(c2ccc(N)c(OCCN3c4ccccc4Sc4ccccc43)n2)CC1. The third-order valence-corrected chi connectivity index (χ3v) is 6.92. The molecule has 1 saturated heterocycles. The zero-order chi connectivity index (χ0) is 21.2. The van der Waals surface area contributed by atoms with Crippen LogP contribution in [0, 0.1) is 0 Å². The van der Waals surface area contributed by atoms with Crippen molar-refractivity contribution in [2.24, 2.45) is 0 Å². The lowest BCUT2D eigenvalue weighted by Crippen LogP contribution is -2.44. The molecule has 0 saturated carbocycles. The minimum atomic E-state index is 0.497. The van der Waals surface area contributed by atoms with E-state index in [4.69, 9.17) is 15.5 Å². The molecule has 6 nitrogen and oxygen atoms in total. The van der Waals surface area contributed by atoms with E-state index in [2.05, 4.69) is 70.3 Å². The Morgan fingerprint density at radius 1 is 0.903 bits per heavy atom. The van der Waals surface area contributed by atoms with Gasteiger partial charge in [0.1, 0.15) is 12.4 Å². The first-order valence-electron chi connectivity index (χ1n) is 10.7. The van der Waals surface area contributed by atoms with Crippen LogP contribution in [0.4, 0.5) is 22.9 Å². The molecule has 5 rings (SSSR count). The van der Waals surface area contributed by atoms with Gasteiger partial charge in [-0.2, -0.15) is 4.98 Å². The van der Waals surface area contributed by atoms with Crippen LogP contribution in [0.5, 0.6) is 5.88 Å². The maximum Gasteiger partial charge on any atom is 0.239 e. The molecule has 0 bridgehead atoms. The zero-order valence-electron chi connectivity index (χ0n) is 17.7. The minimum Gasteiger partial charge on any atom is -0.474 e. The fourth-order valence-electron chi connectivity index (χ4n) is 4.02. The number of nitrogens with two attached hydrogens (primary N) is 1. The van der Waals surface area contributed by atoms with Gasteiger partial charge in [0, 0.05) is 36.0 Å². The average molecular weight is 434 g/mol. The summed E-state index contributed by atoms with van der Waals surface area (Å²) in [6.07, 6.45) is 0. The van der Waals surface area contributed by atoms with Crippen LogP contribution >= 0.6 is 11.8 Å². The van der Waals surface area contributed by atoms with E-state index in [1.54, 1.807) is 0 Å². The van der Waals surface area contributed by atoms with E-state index in [0.29, 0.717) is 24.7 Å². The van der Waals surface area contributed by atoms with Crippen LogP contribution in [-0.4, -0.2) is 56.3 Å². The molecule has 0 unspecified atom stereocenters. The highest BCUT2D eigenvalue weighted by Gasteiger charge is 2.23. The number of benzene rings is 2. The summed E-state index contributed by atoms with van der Waals surface area (Å²) >= 11 is 1.81. The highest BCUT2D eigenvalue weighted by atomic mass is 32.2. The van der Waals surface area contributed by atoms with Gasteiger partial charge in [0.05, 0.1) is 23.6 Å². The Bertz CT molecular complexity index is 1020. The molecule has 1 aromatic heterocycles. The van der Waals surface area contributed by atoms with Crippen molar-refractivity contribution >= 4 is 34.6 Å². The summed E-state index contributed by atoms with van der Waals surface area (Å²) < 4.78 is 6.10. The lowest BCUT2D eigenvalue weighted by atomic mass is 10.2. The van der Waals surface area contributed by atoms with E-state index in [1.165, 1.54) is 21.2 Å². The number of pyridine rings is 1. The van der Waals surface area contributed by atoms with E-state index in [9.17, 15) is 0 Å². The maximum absolute atomic E-state index is 6.18. The molecule has 3 heterocycles. The maximum atomic E-state index is 6.18. The van der Waals surface area contributed by atoms with Gasteiger partial charge in [0.15, 0.2) is 0 Å². The molecule has 0 atom stereocenters. The van der Waals surface area contributed by atoms with Gasteiger partial charge in [-0.1, -0.05) is 36.0 Å². The molecular formula is C24H27N5OS. The molecule has 0 amide bonds. The molecule has 7 heteroatoms. The van der Waals surface area contributed by atoms with Gasteiger partial charge in [0.25, 0.3) is 0 Å². The number of anilines is 4. The molecule has 3 aromatic rings. The summed E-state index contributed by atoms with van der Waals surface area (Å²) in [5, 5.41) is 0. The number of fused-ring (bicyclic) bond motifs is 2. The normalized spacial score (nSPS) is 16.0. The molecule has 0 aliphatic carbocycles. The highest BCUT2D eigenvalue weighted by Crippen LogP contribution is 2.47. The van der Waals surface area contributed by atoms with E-state index >= 15 is 0 Å². The van der Waals surface area contributed by atoms with Crippen molar-refractivity contribution in [3.8, 4) is 5.88 Å². The summed E-state index contributed by atoms with van der Waals surface area (Å²) in [4.78, 5) is 14.2. The van der Waals surface area contributed by atoms with Crippen LogP contribution in [-0.2, 0) is 0 Å². The fourth-order valence-corrected chi connectivity index (χ4v) is 5.12. The van der Waals surface area contributed by atoms with Crippen molar-refractivity contribution < 1.29 is 4.74 Å². The van der Waals surface area contributed by atoms with Gasteiger partial charge in [-0.3, -0.25) is 0 Å². The van der Waals surface area contributed by atoms with Crippen molar-refractivity contribution in [1.82, 2.24) is 9.88 Å². The van der Waals surface area contributed by atoms with Crippen molar-refractivity contribution in [2.45, 2.75) is 9.79 Å². The van der Waals surface area contributed by atoms with E-state index < -0.39 is 0 Å². The van der Waals surface area contributed by atoms with Crippen molar-refractivity contribution in [3.05, 3.63) is 60.7 Å². The standard InChI is InChI=1S/C24H27N5OS/c1-27-12-14-28(15-13-27)23-11-10-18(25)24(26-23)30-17-16-29-19-6-2-4-8-21(19)31-22-9-5-3-7-20(22)29/h2-11H,12-17,25H2,1H3. The Morgan fingerprint density at radius 2 is 1.55 bits per heavy atom. The third kappa shape index (κ3) is 4.16. The highest BCUT2D eigenvalue weighted by molar-refractivity contribution is 7.99. The predicted octanol–water partition coefficient (Wildman–Crippen LogP) is 4.10. The van der Waals surface area contributed by atoms with Crippen LogP contribution in [0.3, 0.4) is 0 Å². The van der Waals surface area contributed by atoms with Crippen LogP contribution in [0.25, 0.3) is 0 Å². The molecule has 2 N–H and O–H groups in total. The van der Waals surface area contributed by atoms with Crippen molar-refractivity contribution in [1.29, 1.82) is 0 Å². The Morgan fingerprint density at radius 3 is 2.23 bits per heavy atom. The van der Waals surface area contributed by atoms with Gasteiger partial charge in [-0.05, 0) is 43.4 Å². The minimum absolute atomic E-state index is 0.497. The number of rotatable bonds is 5. The lowest BCUT2D eigenvalue weighted by Gasteiger charge is -2.33. The smallest absolute Gasteiger partial charge is 0.239 e. The number of piperazine rings is 1.